The van der Waals surface area contributed by atoms with E-state index in [2.05, 4.69) is 23.2 Å². The molecule has 0 spiro atoms. The first-order valence-corrected chi connectivity index (χ1v) is 7.27. The van der Waals surface area contributed by atoms with Gasteiger partial charge >= 0.3 is 6.61 Å². The second-order valence-electron chi connectivity index (χ2n) is 4.09. The van der Waals surface area contributed by atoms with Crippen LogP contribution < -0.4 is 10.1 Å². The monoisotopic (exact) mass is 275 g/mol. The molecule has 0 aliphatic heterocycles. The van der Waals surface area contributed by atoms with E-state index in [1.165, 1.54) is 0 Å². The van der Waals surface area contributed by atoms with E-state index in [-0.39, 0.29) is 5.75 Å². The normalized spacial score (nSPS) is 12.7. The van der Waals surface area contributed by atoms with Gasteiger partial charge in [-0.1, -0.05) is 12.1 Å². The van der Waals surface area contributed by atoms with Crippen molar-refractivity contribution < 1.29 is 13.5 Å². The molecule has 18 heavy (non-hydrogen) atoms. The molecule has 0 radical (unpaired) electrons. The van der Waals surface area contributed by atoms with E-state index >= 15 is 0 Å². The van der Waals surface area contributed by atoms with Crippen molar-refractivity contribution >= 4 is 11.8 Å². The second kappa shape index (κ2) is 8.32. The first-order valence-electron chi connectivity index (χ1n) is 5.88. The highest BCUT2D eigenvalue weighted by Crippen LogP contribution is 2.15. The Morgan fingerprint density at radius 2 is 1.94 bits per heavy atom. The number of rotatable bonds is 8. The predicted octanol–water partition coefficient (Wildman–Crippen LogP) is 3.52. The standard InChI is InChI=1S/C13H19F2NOS/c1-10(7-8-18-2)16-9-11-3-5-12(6-4-11)17-13(14)15/h3-6,10,13,16H,7-9H2,1-2H3. The highest BCUT2D eigenvalue weighted by molar-refractivity contribution is 7.98. The Morgan fingerprint density at radius 3 is 2.50 bits per heavy atom. The van der Waals surface area contributed by atoms with Crippen molar-refractivity contribution in [1.29, 1.82) is 0 Å². The third kappa shape index (κ3) is 6.21. The molecule has 1 unspecified atom stereocenters. The van der Waals surface area contributed by atoms with E-state index in [9.17, 15) is 8.78 Å². The Hall–Kier alpha value is -0.810. The molecule has 0 aliphatic carbocycles. The van der Waals surface area contributed by atoms with Crippen molar-refractivity contribution in [2.45, 2.75) is 32.5 Å². The molecule has 5 heteroatoms. The number of halogens is 2. The number of hydrogen-bond acceptors (Lipinski definition) is 3. The average Bonchev–Trinajstić information content (AvgIpc) is 2.35. The maximum atomic E-state index is 12.0. The zero-order chi connectivity index (χ0) is 13.4. The summed E-state index contributed by atoms with van der Waals surface area (Å²) < 4.78 is 28.2. The Labute approximate surface area is 111 Å². The van der Waals surface area contributed by atoms with Crippen molar-refractivity contribution in [2.75, 3.05) is 12.0 Å². The fourth-order valence-electron chi connectivity index (χ4n) is 1.48. The summed E-state index contributed by atoms with van der Waals surface area (Å²) in [5.74, 6) is 1.33. The maximum Gasteiger partial charge on any atom is 0.387 e. The fourth-order valence-corrected chi connectivity index (χ4v) is 2.07. The summed E-state index contributed by atoms with van der Waals surface area (Å²) in [7, 11) is 0. The van der Waals surface area contributed by atoms with Gasteiger partial charge in [0, 0.05) is 12.6 Å². The third-order valence-electron chi connectivity index (χ3n) is 2.56. The number of nitrogens with one attached hydrogen (secondary N) is 1. The van der Waals surface area contributed by atoms with Crippen molar-refractivity contribution in [3.8, 4) is 5.75 Å². The van der Waals surface area contributed by atoms with Crippen molar-refractivity contribution in [1.82, 2.24) is 5.32 Å². The number of thioether (sulfide) groups is 1. The van der Waals surface area contributed by atoms with E-state index in [4.69, 9.17) is 0 Å². The Kier molecular flexibility index (Phi) is 7.05. The van der Waals surface area contributed by atoms with Gasteiger partial charge in [-0.3, -0.25) is 0 Å². The van der Waals surface area contributed by atoms with Gasteiger partial charge in [-0.2, -0.15) is 20.5 Å². The topological polar surface area (TPSA) is 21.3 Å². The van der Waals surface area contributed by atoms with Gasteiger partial charge in [0.25, 0.3) is 0 Å². The van der Waals surface area contributed by atoms with Crippen LogP contribution in [0.3, 0.4) is 0 Å². The minimum atomic E-state index is -2.76. The van der Waals surface area contributed by atoms with Gasteiger partial charge < -0.3 is 10.1 Å². The Bertz CT molecular complexity index is 332. The first kappa shape index (κ1) is 15.2. The van der Waals surface area contributed by atoms with E-state index < -0.39 is 6.61 Å². The summed E-state index contributed by atoms with van der Waals surface area (Å²) in [5, 5.41) is 3.39. The lowest BCUT2D eigenvalue weighted by atomic mass is 10.2. The molecular formula is C13H19F2NOS. The van der Waals surface area contributed by atoms with Crippen LogP contribution in [0.15, 0.2) is 24.3 Å². The molecule has 1 rings (SSSR count). The molecule has 0 saturated carbocycles. The summed E-state index contributed by atoms with van der Waals surface area (Å²) in [6, 6.07) is 7.18. The molecular weight excluding hydrogens is 256 g/mol. The molecule has 1 aromatic rings. The third-order valence-corrected chi connectivity index (χ3v) is 3.20. The van der Waals surface area contributed by atoms with Crippen LogP contribution in [-0.2, 0) is 6.54 Å². The molecule has 2 nitrogen and oxygen atoms in total. The quantitative estimate of drug-likeness (QED) is 0.784. The molecule has 1 aromatic carbocycles. The Morgan fingerprint density at radius 1 is 1.28 bits per heavy atom. The molecule has 102 valence electrons. The second-order valence-corrected chi connectivity index (χ2v) is 5.07. The van der Waals surface area contributed by atoms with Crippen molar-refractivity contribution in [3.05, 3.63) is 29.8 Å². The highest BCUT2D eigenvalue weighted by Gasteiger charge is 2.04. The summed E-state index contributed by atoms with van der Waals surface area (Å²) in [6.07, 6.45) is 3.21. The number of ether oxygens (including phenoxy) is 1. The van der Waals surface area contributed by atoms with E-state index in [0.29, 0.717) is 6.04 Å². The van der Waals surface area contributed by atoms with E-state index in [0.717, 1.165) is 24.3 Å². The van der Waals surface area contributed by atoms with Gasteiger partial charge in [0.2, 0.25) is 0 Å². The molecule has 0 amide bonds. The van der Waals surface area contributed by atoms with E-state index in [1.807, 2.05) is 11.8 Å². The van der Waals surface area contributed by atoms with Crippen molar-refractivity contribution in [2.24, 2.45) is 0 Å². The van der Waals surface area contributed by atoms with Crippen LogP contribution in [0.5, 0.6) is 5.75 Å². The summed E-state index contributed by atoms with van der Waals surface area (Å²) in [5.41, 5.74) is 1.06. The zero-order valence-corrected chi connectivity index (χ0v) is 11.5. The smallest absolute Gasteiger partial charge is 0.387 e. The van der Waals surface area contributed by atoms with E-state index in [1.54, 1.807) is 24.3 Å². The van der Waals surface area contributed by atoms with Crippen LogP contribution in [-0.4, -0.2) is 24.7 Å². The summed E-state index contributed by atoms with van der Waals surface area (Å²) in [6.45, 7) is 0.121. The molecule has 0 fully saturated rings. The number of benzene rings is 1. The molecule has 0 heterocycles. The van der Waals surface area contributed by atoms with Gasteiger partial charge in [-0.15, -0.1) is 0 Å². The maximum absolute atomic E-state index is 12.0. The summed E-state index contributed by atoms with van der Waals surface area (Å²) >= 11 is 1.83. The lowest BCUT2D eigenvalue weighted by Crippen LogP contribution is -2.25. The molecule has 0 aliphatic rings. The molecule has 1 atom stereocenters. The van der Waals surface area contributed by atoms with Crippen LogP contribution >= 0.6 is 11.8 Å². The van der Waals surface area contributed by atoms with Crippen LogP contribution in [0, 0.1) is 0 Å². The van der Waals surface area contributed by atoms with Crippen LogP contribution in [0.4, 0.5) is 8.78 Å². The molecule has 0 bridgehead atoms. The van der Waals surface area contributed by atoms with Gasteiger partial charge in [-0.25, -0.2) is 0 Å². The van der Waals surface area contributed by atoms with Crippen LogP contribution in [0.1, 0.15) is 18.9 Å². The van der Waals surface area contributed by atoms with Gasteiger partial charge in [-0.05, 0) is 43.0 Å². The van der Waals surface area contributed by atoms with Gasteiger partial charge in [0.1, 0.15) is 5.75 Å². The predicted molar refractivity (Wildman–Crippen MR) is 72.4 cm³/mol. The first-order chi connectivity index (χ1) is 8.61. The highest BCUT2D eigenvalue weighted by atomic mass is 32.2. The van der Waals surface area contributed by atoms with Crippen LogP contribution in [0.2, 0.25) is 0 Å². The van der Waals surface area contributed by atoms with Gasteiger partial charge in [0.05, 0.1) is 0 Å². The SMILES string of the molecule is CSCCC(C)NCc1ccc(OC(F)F)cc1. The lowest BCUT2D eigenvalue weighted by Gasteiger charge is -2.13. The minimum Gasteiger partial charge on any atom is -0.435 e. The minimum absolute atomic E-state index is 0.198. The number of alkyl halides is 2. The Balaban J connectivity index is 2.34. The van der Waals surface area contributed by atoms with Crippen LogP contribution in [0.25, 0.3) is 0 Å². The average molecular weight is 275 g/mol. The molecule has 1 N–H and O–H groups in total. The number of hydrogen-bond donors (Lipinski definition) is 1. The molecule has 0 aromatic heterocycles. The zero-order valence-electron chi connectivity index (χ0n) is 10.7. The fraction of sp³-hybridized carbons (Fsp3) is 0.538. The largest absolute Gasteiger partial charge is 0.435 e. The lowest BCUT2D eigenvalue weighted by molar-refractivity contribution is -0.0498. The summed E-state index contributed by atoms with van der Waals surface area (Å²) in [4.78, 5) is 0. The van der Waals surface area contributed by atoms with Crippen molar-refractivity contribution in [3.63, 3.8) is 0 Å². The van der Waals surface area contributed by atoms with Gasteiger partial charge in [0.15, 0.2) is 0 Å². The molecule has 0 saturated heterocycles.